The first-order chi connectivity index (χ1) is 16.2. The van der Waals surface area contributed by atoms with Crippen molar-refractivity contribution in [1.82, 2.24) is 4.98 Å². The van der Waals surface area contributed by atoms with Gasteiger partial charge >= 0.3 is 6.18 Å². The highest BCUT2D eigenvalue weighted by molar-refractivity contribution is 6.30. The standard InChI is InChI=1S/C25H18ClF3N2O3/c1-16(25(27,28)29)3-6-19-14-30-23(31-24(32)18-7-9-20(26)10-8-18)13-22(19)34-15-17-4-11-21(33-2)12-5-17/h4-5,7-14H,1,15H2,2H3,(H,30,31,32). The molecule has 0 bridgehead atoms. The fraction of sp³-hybridized carbons (Fsp3) is 0.120. The van der Waals surface area contributed by atoms with Crippen molar-refractivity contribution in [1.29, 1.82) is 0 Å². The molecule has 0 radical (unpaired) electrons. The minimum atomic E-state index is -4.64. The van der Waals surface area contributed by atoms with Gasteiger partial charge in [-0.2, -0.15) is 13.2 Å². The Hall–Kier alpha value is -3.96. The summed E-state index contributed by atoms with van der Waals surface area (Å²) in [6.45, 7) is 3.03. The number of aromatic nitrogens is 1. The van der Waals surface area contributed by atoms with E-state index in [1.165, 1.54) is 12.3 Å². The maximum Gasteiger partial charge on any atom is 0.423 e. The van der Waals surface area contributed by atoms with Crippen molar-refractivity contribution >= 4 is 23.3 Å². The molecule has 0 unspecified atom stereocenters. The average molecular weight is 487 g/mol. The number of halogens is 4. The zero-order chi connectivity index (χ0) is 24.7. The zero-order valence-electron chi connectivity index (χ0n) is 17.9. The number of hydrogen-bond donors (Lipinski definition) is 1. The molecule has 0 aliphatic heterocycles. The minimum Gasteiger partial charge on any atom is -0.497 e. The second-order valence-electron chi connectivity index (χ2n) is 6.89. The van der Waals surface area contributed by atoms with Crippen molar-refractivity contribution in [2.24, 2.45) is 0 Å². The lowest BCUT2D eigenvalue weighted by molar-refractivity contribution is -0.0868. The summed E-state index contributed by atoms with van der Waals surface area (Å²) in [6.07, 6.45) is -3.42. The quantitative estimate of drug-likeness (QED) is 0.431. The number of anilines is 1. The molecule has 9 heteroatoms. The highest BCUT2D eigenvalue weighted by atomic mass is 35.5. The number of nitrogens with zero attached hydrogens (tertiary/aromatic N) is 1. The number of rotatable bonds is 6. The van der Waals surface area contributed by atoms with Gasteiger partial charge in [-0.05, 0) is 42.0 Å². The lowest BCUT2D eigenvalue weighted by Gasteiger charge is -2.11. The SMILES string of the molecule is C=C(C#Cc1cnc(NC(=O)c2ccc(Cl)cc2)cc1OCc1ccc(OC)cc1)C(F)(F)F. The molecule has 174 valence electrons. The smallest absolute Gasteiger partial charge is 0.423 e. The molecule has 1 aromatic heterocycles. The normalized spacial score (nSPS) is 10.6. The van der Waals surface area contributed by atoms with E-state index < -0.39 is 17.7 Å². The van der Waals surface area contributed by atoms with Gasteiger partial charge in [0.2, 0.25) is 0 Å². The van der Waals surface area contributed by atoms with Crippen LogP contribution in [0.4, 0.5) is 19.0 Å². The van der Waals surface area contributed by atoms with Crippen molar-refractivity contribution < 1.29 is 27.4 Å². The van der Waals surface area contributed by atoms with Crippen LogP contribution in [0.25, 0.3) is 0 Å². The lowest BCUT2D eigenvalue weighted by Crippen LogP contribution is -2.13. The molecule has 1 N–H and O–H groups in total. The van der Waals surface area contributed by atoms with Gasteiger partial charge in [-0.25, -0.2) is 4.98 Å². The van der Waals surface area contributed by atoms with Gasteiger partial charge < -0.3 is 14.8 Å². The van der Waals surface area contributed by atoms with Crippen LogP contribution in [0.15, 0.2) is 72.9 Å². The Morgan fingerprint density at radius 3 is 2.44 bits per heavy atom. The van der Waals surface area contributed by atoms with Gasteiger partial charge in [-0.3, -0.25) is 4.79 Å². The van der Waals surface area contributed by atoms with Crippen LogP contribution in [0.5, 0.6) is 11.5 Å². The van der Waals surface area contributed by atoms with Gasteiger partial charge in [0, 0.05) is 22.8 Å². The van der Waals surface area contributed by atoms with Crippen molar-refractivity contribution in [3.05, 3.63) is 94.7 Å². The van der Waals surface area contributed by atoms with Crippen molar-refractivity contribution in [2.75, 3.05) is 12.4 Å². The van der Waals surface area contributed by atoms with Crippen molar-refractivity contribution in [3.8, 4) is 23.3 Å². The summed E-state index contributed by atoms with van der Waals surface area (Å²) in [5.41, 5.74) is 0.0253. The van der Waals surface area contributed by atoms with E-state index >= 15 is 0 Å². The number of pyridine rings is 1. The number of methoxy groups -OCH3 is 1. The van der Waals surface area contributed by atoms with Crippen molar-refractivity contribution in [3.63, 3.8) is 0 Å². The molecule has 1 heterocycles. The first-order valence-electron chi connectivity index (χ1n) is 9.76. The number of nitrogens with one attached hydrogen (secondary N) is 1. The van der Waals surface area contributed by atoms with Crippen LogP contribution in [0.2, 0.25) is 5.02 Å². The zero-order valence-corrected chi connectivity index (χ0v) is 18.6. The fourth-order valence-corrected chi connectivity index (χ4v) is 2.73. The topological polar surface area (TPSA) is 60.5 Å². The average Bonchev–Trinajstić information content (AvgIpc) is 2.82. The predicted molar refractivity (Wildman–Crippen MR) is 123 cm³/mol. The van der Waals surface area contributed by atoms with Crippen LogP contribution in [0.1, 0.15) is 21.5 Å². The number of alkyl halides is 3. The Morgan fingerprint density at radius 2 is 1.82 bits per heavy atom. The molecule has 0 atom stereocenters. The molecular formula is C25H18ClF3N2O3. The van der Waals surface area contributed by atoms with Gasteiger partial charge in [-0.15, -0.1) is 0 Å². The van der Waals surface area contributed by atoms with Gasteiger partial charge in [0.25, 0.3) is 5.91 Å². The van der Waals surface area contributed by atoms with E-state index in [2.05, 4.69) is 22.8 Å². The third-order valence-electron chi connectivity index (χ3n) is 4.46. The van der Waals surface area contributed by atoms with Crippen LogP contribution in [-0.2, 0) is 6.61 Å². The number of amides is 1. The summed E-state index contributed by atoms with van der Waals surface area (Å²) >= 11 is 5.84. The molecule has 1 amide bonds. The number of hydrogen-bond acceptors (Lipinski definition) is 4. The van der Waals surface area contributed by atoms with E-state index in [0.717, 1.165) is 5.56 Å². The first-order valence-corrected chi connectivity index (χ1v) is 10.1. The molecule has 0 aliphatic rings. The largest absolute Gasteiger partial charge is 0.497 e. The first kappa shape index (κ1) is 24.7. The molecule has 0 aliphatic carbocycles. The number of carbonyl (C=O) groups excluding carboxylic acids is 1. The Balaban J connectivity index is 1.85. The Bertz CT molecular complexity index is 1250. The van der Waals surface area contributed by atoms with Gasteiger partial charge in [-0.1, -0.05) is 42.2 Å². The maximum atomic E-state index is 12.8. The van der Waals surface area contributed by atoms with E-state index in [9.17, 15) is 18.0 Å². The van der Waals surface area contributed by atoms with E-state index in [0.29, 0.717) is 16.3 Å². The van der Waals surface area contributed by atoms with Crippen LogP contribution >= 0.6 is 11.6 Å². The summed E-state index contributed by atoms with van der Waals surface area (Å²) < 4.78 is 49.2. The van der Waals surface area contributed by atoms with Gasteiger partial charge in [0.05, 0.1) is 18.2 Å². The summed E-state index contributed by atoms with van der Waals surface area (Å²) in [5, 5.41) is 3.09. The second-order valence-corrected chi connectivity index (χ2v) is 7.33. The highest BCUT2D eigenvalue weighted by Crippen LogP contribution is 2.26. The number of allylic oxidation sites excluding steroid dienone is 1. The second kappa shape index (κ2) is 10.8. The van der Waals surface area contributed by atoms with Crippen LogP contribution in [0, 0.1) is 11.8 Å². The van der Waals surface area contributed by atoms with Crippen LogP contribution in [0.3, 0.4) is 0 Å². The predicted octanol–water partition coefficient (Wildman–Crippen LogP) is 6.04. The third-order valence-corrected chi connectivity index (χ3v) is 4.71. The Labute approximate surface area is 199 Å². The Morgan fingerprint density at radius 1 is 1.15 bits per heavy atom. The number of ether oxygens (including phenoxy) is 2. The molecule has 3 aromatic rings. The van der Waals surface area contributed by atoms with E-state index in [1.54, 1.807) is 55.6 Å². The number of benzene rings is 2. The van der Waals surface area contributed by atoms with E-state index in [-0.39, 0.29) is 23.7 Å². The lowest BCUT2D eigenvalue weighted by atomic mass is 10.2. The number of carbonyl (C=O) groups is 1. The molecule has 0 fully saturated rings. The minimum absolute atomic E-state index is 0.0907. The summed E-state index contributed by atoms with van der Waals surface area (Å²) in [4.78, 5) is 16.5. The Kier molecular flexibility index (Phi) is 7.82. The molecule has 3 rings (SSSR count). The third kappa shape index (κ3) is 6.77. The van der Waals surface area contributed by atoms with E-state index in [1.807, 2.05) is 5.92 Å². The molecule has 0 saturated carbocycles. The molecule has 2 aromatic carbocycles. The molecule has 0 spiro atoms. The van der Waals surface area contributed by atoms with Crippen LogP contribution < -0.4 is 14.8 Å². The van der Waals surface area contributed by atoms with Gasteiger partial charge in [0.15, 0.2) is 0 Å². The molecular weight excluding hydrogens is 469 g/mol. The van der Waals surface area contributed by atoms with Gasteiger partial charge in [0.1, 0.15) is 23.9 Å². The fourth-order valence-electron chi connectivity index (χ4n) is 2.60. The molecule has 34 heavy (non-hydrogen) atoms. The van der Waals surface area contributed by atoms with Crippen LogP contribution in [-0.4, -0.2) is 24.2 Å². The summed E-state index contributed by atoms with van der Waals surface area (Å²) in [7, 11) is 1.54. The monoisotopic (exact) mass is 486 g/mol. The summed E-state index contributed by atoms with van der Waals surface area (Å²) in [6, 6.07) is 14.7. The van der Waals surface area contributed by atoms with Crippen molar-refractivity contribution in [2.45, 2.75) is 12.8 Å². The van der Waals surface area contributed by atoms with E-state index in [4.69, 9.17) is 21.1 Å². The molecule has 0 saturated heterocycles. The maximum absolute atomic E-state index is 12.8. The molecule has 5 nitrogen and oxygen atoms in total. The summed E-state index contributed by atoms with van der Waals surface area (Å²) in [5.74, 6) is 4.85. The highest BCUT2D eigenvalue weighted by Gasteiger charge is 2.30.